The fraction of sp³-hybridized carbons (Fsp3) is 0.545. The van der Waals surface area contributed by atoms with Gasteiger partial charge in [0, 0.05) is 13.1 Å². The predicted molar refractivity (Wildman–Crippen MR) is 74.4 cm³/mol. The quantitative estimate of drug-likeness (QED) is 0.649. The van der Waals surface area contributed by atoms with Gasteiger partial charge in [-0.1, -0.05) is 23.2 Å². The topological polar surface area (TPSA) is 65.8 Å². The first-order chi connectivity index (χ1) is 8.97. The van der Waals surface area contributed by atoms with E-state index in [0.717, 1.165) is 0 Å². The molecule has 1 fully saturated rings. The highest BCUT2D eigenvalue weighted by Gasteiger charge is 2.31. The van der Waals surface area contributed by atoms with E-state index in [2.05, 4.69) is 4.98 Å². The third-order valence-corrected chi connectivity index (χ3v) is 3.52. The zero-order valence-electron chi connectivity index (χ0n) is 10.5. The van der Waals surface area contributed by atoms with E-state index in [9.17, 15) is 10.1 Å². The minimum Gasteiger partial charge on any atom is -0.437 e. The summed E-state index contributed by atoms with van der Waals surface area (Å²) in [5, 5.41) is 20.3. The standard InChI is InChI=1S/C11H15BCl2N2O3/c1-12(18)16-2-3-19-8(6-16)11(17)7-4-9(13)15-10(14)5-7/h4-5,8,11,17-18H,2-3,6H2,1H3/t8-,11?/m1/s1. The Morgan fingerprint density at radius 3 is 2.68 bits per heavy atom. The van der Waals surface area contributed by atoms with Gasteiger partial charge >= 0.3 is 7.05 Å². The fourth-order valence-electron chi connectivity index (χ4n) is 2.10. The van der Waals surface area contributed by atoms with Crippen LogP contribution in [0.25, 0.3) is 0 Å². The molecule has 104 valence electrons. The van der Waals surface area contributed by atoms with E-state index in [-0.39, 0.29) is 10.3 Å². The van der Waals surface area contributed by atoms with Crippen molar-refractivity contribution in [1.29, 1.82) is 0 Å². The summed E-state index contributed by atoms with van der Waals surface area (Å²) in [7, 11) is -0.566. The van der Waals surface area contributed by atoms with Gasteiger partial charge in [0.2, 0.25) is 0 Å². The zero-order chi connectivity index (χ0) is 14.0. The maximum absolute atomic E-state index is 10.3. The minimum absolute atomic E-state index is 0.227. The van der Waals surface area contributed by atoms with E-state index in [4.69, 9.17) is 27.9 Å². The van der Waals surface area contributed by atoms with Crippen molar-refractivity contribution in [3.05, 3.63) is 28.0 Å². The van der Waals surface area contributed by atoms with E-state index in [0.29, 0.717) is 25.3 Å². The molecule has 1 aliphatic heterocycles. The summed E-state index contributed by atoms with van der Waals surface area (Å²) in [6.07, 6.45) is -1.29. The van der Waals surface area contributed by atoms with Crippen LogP contribution in [0, 0.1) is 0 Å². The van der Waals surface area contributed by atoms with Crippen LogP contribution in [-0.2, 0) is 4.74 Å². The van der Waals surface area contributed by atoms with Crippen molar-refractivity contribution in [2.45, 2.75) is 19.0 Å². The van der Waals surface area contributed by atoms with Gasteiger partial charge in [0.25, 0.3) is 0 Å². The van der Waals surface area contributed by atoms with Crippen molar-refractivity contribution < 1.29 is 14.9 Å². The van der Waals surface area contributed by atoms with Crippen molar-refractivity contribution in [3.63, 3.8) is 0 Å². The maximum atomic E-state index is 10.3. The summed E-state index contributed by atoms with van der Waals surface area (Å²) in [6, 6.07) is 3.12. The summed E-state index contributed by atoms with van der Waals surface area (Å²) in [5.41, 5.74) is 0.558. The molecule has 0 spiro atoms. The fourth-order valence-corrected chi connectivity index (χ4v) is 2.57. The molecule has 1 aliphatic rings. The molecule has 2 N–H and O–H groups in total. The van der Waals surface area contributed by atoms with Crippen molar-refractivity contribution >= 4 is 30.3 Å². The number of halogens is 2. The summed E-state index contributed by atoms with van der Waals surface area (Å²) in [5.74, 6) is 0. The van der Waals surface area contributed by atoms with Gasteiger partial charge < -0.3 is 19.7 Å². The molecule has 0 radical (unpaired) electrons. The largest absolute Gasteiger partial charge is 0.437 e. The Balaban J connectivity index is 2.12. The molecule has 19 heavy (non-hydrogen) atoms. The number of morpholine rings is 1. The van der Waals surface area contributed by atoms with Gasteiger partial charge in [-0.05, 0) is 24.5 Å². The van der Waals surface area contributed by atoms with E-state index < -0.39 is 19.3 Å². The Hall–Kier alpha value is -0.365. The molecule has 2 atom stereocenters. The second-order valence-electron chi connectivity index (χ2n) is 4.53. The first-order valence-electron chi connectivity index (χ1n) is 6.02. The first kappa shape index (κ1) is 15.0. The number of aromatic nitrogens is 1. The van der Waals surface area contributed by atoms with Crippen LogP contribution in [0.15, 0.2) is 12.1 Å². The lowest BCUT2D eigenvalue weighted by Crippen LogP contribution is -2.50. The molecule has 1 aromatic rings. The molecule has 2 heterocycles. The Morgan fingerprint density at radius 1 is 1.47 bits per heavy atom. The summed E-state index contributed by atoms with van der Waals surface area (Å²) < 4.78 is 5.54. The molecular formula is C11H15BCl2N2O3. The maximum Gasteiger partial charge on any atom is 0.376 e. The molecule has 0 bridgehead atoms. The molecular weight excluding hydrogens is 290 g/mol. The van der Waals surface area contributed by atoms with Crippen LogP contribution in [0.4, 0.5) is 0 Å². The number of aliphatic hydroxyl groups excluding tert-OH is 1. The smallest absolute Gasteiger partial charge is 0.376 e. The number of rotatable bonds is 3. The van der Waals surface area contributed by atoms with Gasteiger partial charge in [-0.3, -0.25) is 0 Å². The molecule has 1 unspecified atom stereocenters. The number of ether oxygens (including phenoxy) is 1. The molecule has 0 aliphatic carbocycles. The predicted octanol–water partition coefficient (Wildman–Crippen LogP) is 1.23. The highest BCUT2D eigenvalue weighted by atomic mass is 35.5. The second kappa shape index (κ2) is 6.39. The second-order valence-corrected chi connectivity index (χ2v) is 5.30. The van der Waals surface area contributed by atoms with Crippen LogP contribution in [0.2, 0.25) is 17.1 Å². The van der Waals surface area contributed by atoms with Crippen LogP contribution in [-0.4, -0.2) is 52.8 Å². The number of nitrogens with zero attached hydrogens (tertiary/aromatic N) is 2. The van der Waals surface area contributed by atoms with Crippen LogP contribution in [0.1, 0.15) is 11.7 Å². The van der Waals surface area contributed by atoms with Crippen molar-refractivity contribution in [3.8, 4) is 0 Å². The van der Waals surface area contributed by atoms with Crippen LogP contribution in [0.3, 0.4) is 0 Å². The molecule has 1 aromatic heterocycles. The lowest BCUT2D eigenvalue weighted by molar-refractivity contribution is -0.0761. The lowest BCUT2D eigenvalue weighted by Gasteiger charge is -2.35. The molecule has 5 nitrogen and oxygen atoms in total. The van der Waals surface area contributed by atoms with Gasteiger partial charge in [0.1, 0.15) is 16.4 Å². The lowest BCUT2D eigenvalue weighted by atomic mass is 9.83. The molecule has 0 aromatic carbocycles. The van der Waals surface area contributed by atoms with Crippen molar-refractivity contribution in [1.82, 2.24) is 9.79 Å². The monoisotopic (exact) mass is 304 g/mol. The Morgan fingerprint density at radius 2 is 2.11 bits per heavy atom. The highest BCUT2D eigenvalue weighted by molar-refractivity contribution is 6.45. The third kappa shape index (κ3) is 3.81. The summed E-state index contributed by atoms with van der Waals surface area (Å²) in [4.78, 5) is 5.67. The average Bonchev–Trinajstić information content (AvgIpc) is 2.37. The summed E-state index contributed by atoms with van der Waals surface area (Å²) >= 11 is 11.6. The number of hydrogen-bond acceptors (Lipinski definition) is 5. The van der Waals surface area contributed by atoms with Crippen LogP contribution >= 0.6 is 23.2 Å². The van der Waals surface area contributed by atoms with Crippen molar-refractivity contribution in [2.24, 2.45) is 0 Å². The van der Waals surface area contributed by atoms with Gasteiger partial charge in [-0.15, -0.1) is 0 Å². The Labute approximate surface area is 122 Å². The van der Waals surface area contributed by atoms with Crippen LogP contribution < -0.4 is 0 Å². The van der Waals surface area contributed by atoms with Crippen LogP contribution in [0.5, 0.6) is 0 Å². The van der Waals surface area contributed by atoms with Gasteiger partial charge in [0.15, 0.2) is 0 Å². The van der Waals surface area contributed by atoms with E-state index >= 15 is 0 Å². The number of hydrogen-bond donors (Lipinski definition) is 2. The first-order valence-corrected chi connectivity index (χ1v) is 6.77. The molecule has 2 rings (SSSR count). The average molecular weight is 305 g/mol. The van der Waals surface area contributed by atoms with Crippen molar-refractivity contribution in [2.75, 3.05) is 19.7 Å². The van der Waals surface area contributed by atoms with Gasteiger partial charge in [-0.25, -0.2) is 4.98 Å². The normalized spacial score (nSPS) is 22.3. The SMILES string of the molecule is CB(O)N1CCO[C@@H](C(O)c2cc(Cl)nc(Cl)c2)C1. The Kier molecular flexibility index (Phi) is 5.06. The summed E-state index contributed by atoms with van der Waals surface area (Å²) in [6.45, 7) is 3.23. The molecule has 8 heteroatoms. The molecule has 0 saturated carbocycles. The number of aliphatic hydroxyl groups is 1. The zero-order valence-corrected chi connectivity index (χ0v) is 12.0. The van der Waals surface area contributed by atoms with Gasteiger partial charge in [0.05, 0.1) is 12.7 Å². The number of pyridine rings is 1. The van der Waals surface area contributed by atoms with E-state index in [1.54, 1.807) is 19.0 Å². The Bertz CT molecular complexity index is 430. The third-order valence-electron chi connectivity index (χ3n) is 3.13. The van der Waals surface area contributed by atoms with E-state index in [1.165, 1.54) is 0 Å². The molecule has 0 amide bonds. The van der Waals surface area contributed by atoms with E-state index in [1.807, 2.05) is 4.81 Å². The highest BCUT2D eigenvalue weighted by Crippen LogP contribution is 2.26. The minimum atomic E-state index is -0.862. The molecule has 1 saturated heterocycles. The van der Waals surface area contributed by atoms with Gasteiger partial charge in [-0.2, -0.15) is 0 Å².